The maximum atomic E-state index is 13.8. The van der Waals surface area contributed by atoms with Crippen LogP contribution in [0.3, 0.4) is 0 Å². The molecule has 3 nitrogen and oxygen atoms in total. The first-order valence-electron chi connectivity index (χ1n) is 6.77. The van der Waals surface area contributed by atoms with Crippen molar-refractivity contribution in [3.63, 3.8) is 0 Å². The highest BCUT2D eigenvalue weighted by Gasteiger charge is 2.84. The van der Waals surface area contributed by atoms with Crippen LogP contribution < -0.4 is 0 Å². The van der Waals surface area contributed by atoms with Crippen molar-refractivity contribution in [3.8, 4) is 0 Å². The Morgan fingerprint density at radius 1 is 0.815 bits per heavy atom. The van der Waals surface area contributed by atoms with Gasteiger partial charge in [-0.25, -0.2) is 4.31 Å². The van der Waals surface area contributed by atoms with Crippen LogP contribution in [0.2, 0.25) is 0 Å². The van der Waals surface area contributed by atoms with Gasteiger partial charge in [-0.3, -0.25) is 9.59 Å². The Labute approximate surface area is 147 Å². The first-order valence-corrected chi connectivity index (χ1v) is 7.54. The minimum atomic E-state index is -6.41. The molecule has 0 saturated carbocycles. The quantitative estimate of drug-likeness (QED) is 0.396. The Morgan fingerprint density at radius 2 is 1.26 bits per heavy atom. The first kappa shape index (κ1) is 19.6. The summed E-state index contributed by atoms with van der Waals surface area (Å²) < 4.78 is 120. The van der Waals surface area contributed by atoms with E-state index in [4.69, 9.17) is 0 Å². The number of amides is 2. The molecule has 0 atom stereocenters. The van der Waals surface area contributed by atoms with Gasteiger partial charge in [0.05, 0.1) is 16.0 Å². The van der Waals surface area contributed by atoms with Crippen LogP contribution in [-0.2, 0) is 0 Å². The number of carbonyl (C=O) groups is 2. The predicted octanol–water partition coefficient (Wildman–Crippen LogP) is 4.67. The highest BCUT2D eigenvalue weighted by Crippen LogP contribution is 2.65. The van der Waals surface area contributed by atoms with Gasteiger partial charge in [0, 0.05) is 11.9 Å². The summed E-state index contributed by atoms with van der Waals surface area (Å²) in [5.74, 6) is -21.4. The minimum absolute atomic E-state index is 0.281. The first-order chi connectivity index (χ1) is 12.2. The summed E-state index contributed by atoms with van der Waals surface area (Å²) in [6, 6.07) is 4.55. The number of rotatable bonds is 2. The number of imide groups is 1. The molecule has 2 aliphatic rings. The molecule has 1 aromatic rings. The molecule has 0 saturated heterocycles. The fourth-order valence-corrected chi connectivity index (χ4v) is 3.67. The molecule has 13 heteroatoms. The van der Waals surface area contributed by atoms with Gasteiger partial charge in [-0.2, -0.15) is 39.5 Å². The highest BCUT2D eigenvalue weighted by atomic mass is 32.2. The molecule has 0 unspecified atom stereocenters. The summed E-state index contributed by atoms with van der Waals surface area (Å²) in [7, 11) is 0. The van der Waals surface area contributed by atoms with Gasteiger partial charge in [0.1, 0.15) is 5.57 Å². The lowest BCUT2D eigenvalue weighted by molar-refractivity contribution is -0.272. The van der Waals surface area contributed by atoms with Crippen molar-refractivity contribution in [2.75, 3.05) is 0 Å². The van der Waals surface area contributed by atoms with Crippen LogP contribution in [0.25, 0.3) is 0 Å². The number of hydrogen-bond donors (Lipinski definition) is 0. The molecule has 1 aliphatic carbocycles. The van der Waals surface area contributed by atoms with Crippen molar-refractivity contribution >= 4 is 23.8 Å². The Hall–Kier alpha value is -2.18. The van der Waals surface area contributed by atoms with E-state index in [9.17, 15) is 49.1 Å². The molecule has 1 aromatic carbocycles. The van der Waals surface area contributed by atoms with E-state index in [1.165, 1.54) is 12.1 Å². The van der Waals surface area contributed by atoms with Crippen LogP contribution >= 0.6 is 11.9 Å². The zero-order chi connectivity index (χ0) is 20.6. The van der Waals surface area contributed by atoms with E-state index in [1.807, 2.05) is 0 Å². The smallest absolute Gasteiger partial charge is 0.268 e. The maximum absolute atomic E-state index is 13.8. The second kappa shape index (κ2) is 5.42. The molecule has 0 spiro atoms. The average molecular weight is 421 g/mol. The summed E-state index contributed by atoms with van der Waals surface area (Å²) in [6.45, 7) is 0. The molecule has 2 amide bonds. The van der Waals surface area contributed by atoms with Crippen molar-refractivity contribution in [1.29, 1.82) is 0 Å². The normalized spacial score (nSPS) is 23.2. The van der Waals surface area contributed by atoms with Crippen molar-refractivity contribution in [2.24, 2.45) is 0 Å². The zero-order valence-corrected chi connectivity index (χ0v) is 13.2. The van der Waals surface area contributed by atoms with Gasteiger partial charge in [0.15, 0.2) is 0 Å². The van der Waals surface area contributed by atoms with Crippen LogP contribution in [0.1, 0.15) is 20.7 Å². The molecule has 0 aromatic heterocycles. The number of alkyl halides is 9. The molecule has 146 valence electrons. The molecule has 0 bridgehead atoms. The lowest BCUT2D eigenvalue weighted by Gasteiger charge is -2.26. The summed E-state index contributed by atoms with van der Waals surface area (Å²) in [6.07, 6.45) is -6.27. The van der Waals surface area contributed by atoms with Crippen LogP contribution in [0.15, 0.2) is 34.7 Å². The Kier molecular flexibility index (Phi) is 3.93. The lowest BCUT2D eigenvalue weighted by atomic mass is 10.1. The van der Waals surface area contributed by atoms with Crippen LogP contribution in [0.5, 0.6) is 0 Å². The van der Waals surface area contributed by atoms with E-state index in [1.54, 1.807) is 0 Å². The second-order valence-corrected chi connectivity index (χ2v) is 6.42. The molecule has 27 heavy (non-hydrogen) atoms. The van der Waals surface area contributed by atoms with Crippen LogP contribution in [0.4, 0.5) is 39.5 Å². The Balaban J connectivity index is 2.15. The molecule has 1 heterocycles. The number of halogens is 9. The number of hydrogen-bond acceptors (Lipinski definition) is 3. The van der Waals surface area contributed by atoms with E-state index in [0.717, 1.165) is 12.1 Å². The van der Waals surface area contributed by atoms with Gasteiger partial charge in [-0.05, 0) is 12.1 Å². The highest BCUT2D eigenvalue weighted by molar-refractivity contribution is 8.02. The third-order valence-corrected chi connectivity index (χ3v) is 5.00. The third kappa shape index (κ3) is 2.39. The maximum Gasteiger partial charge on any atom is 0.419 e. The van der Waals surface area contributed by atoms with Crippen LogP contribution in [0, 0.1) is 0 Å². The van der Waals surface area contributed by atoms with Crippen molar-refractivity contribution in [1.82, 2.24) is 4.31 Å². The fraction of sp³-hybridized carbons (Fsp3) is 0.286. The van der Waals surface area contributed by atoms with Gasteiger partial charge >= 0.3 is 23.9 Å². The molecule has 0 N–H and O–H groups in total. The van der Waals surface area contributed by atoms with E-state index in [2.05, 4.69) is 0 Å². The van der Waals surface area contributed by atoms with Crippen molar-refractivity contribution < 1.29 is 49.1 Å². The predicted molar refractivity (Wildman–Crippen MR) is 72.5 cm³/mol. The Bertz CT molecular complexity index is 856. The summed E-state index contributed by atoms with van der Waals surface area (Å²) in [5.41, 5.74) is -4.29. The summed E-state index contributed by atoms with van der Waals surface area (Å²) in [5, 5.41) is 0. The zero-order valence-electron chi connectivity index (χ0n) is 12.4. The van der Waals surface area contributed by atoms with E-state index >= 15 is 0 Å². The van der Waals surface area contributed by atoms with Crippen LogP contribution in [-0.4, -0.2) is 40.1 Å². The lowest BCUT2D eigenvalue weighted by Crippen LogP contribution is -2.50. The fourth-order valence-electron chi connectivity index (χ4n) is 2.55. The topological polar surface area (TPSA) is 37.4 Å². The minimum Gasteiger partial charge on any atom is -0.268 e. The second-order valence-electron chi connectivity index (χ2n) is 5.47. The summed E-state index contributed by atoms with van der Waals surface area (Å²) in [4.78, 5) is 21.3. The van der Waals surface area contributed by atoms with E-state index in [-0.39, 0.29) is 4.31 Å². The molecular formula is C14H4F9NO2S. The number of carbonyl (C=O) groups excluding carboxylic acids is 2. The van der Waals surface area contributed by atoms with E-state index in [0.29, 0.717) is 0 Å². The number of benzene rings is 1. The Morgan fingerprint density at radius 3 is 1.67 bits per heavy atom. The molecule has 0 radical (unpaired) electrons. The standard InChI is InChI=1S/C14H4F9NO2S/c15-11(16)7(13(19,20)21)8(12(17,18)14(11,22)23)27-24-9(25)5-3-1-2-4-6(5)10(24)26/h1-4H. The van der Waals surface area contributed by atoms with Crippen molar-refractivity contribution in [2.45, 2.75) is 23.9 Å². The molecule has 1 aliphatic heterocycles. The molecular weight excluding hydrogens is 417 g/mol. The van der Waals surface area contributed by atoms with Gasteiger partial charge in [-0.1, -0.05) is 12.1 Å². The number of fused-ring (bicyclic) bond motifs is 1. The number of allylic oxidation sites excluding steroid dienone is 2. The monoisotopic (exact) mass is 421 g/mol. The molecule has 0 fully saturated rings. The van der Waals surface area contributed by atoms with Gasteiger partial charge in [0.25, 0.3) is 11.8 Å². The molecule has 3 rings (SSSR count). The third-order valence-electron chi connectivity index (χ3n) is 3.84. The van der Waals surface area contributed by atoms with Gasteiger partial charge in [0.2, 0.25) is 0 Å². The van der Waals surface area contributed by atoms with E-state index < -0.39 is 69.3 Å². The van der Waals surface area contributed by atoms with Crippen molar-refractivity contribution in [3.05, 3.63) is 45.9 Å². The largest absolute Gasteiger partial charge is 0.419 e. The average Bonchev–Trinajstić information content (AvgIpc) is 2.82. The summed E-state index contributed by atoms with van der Waals surface area (Å²) >= 11 is -1.08. The van der Waals surface area contributed by atoms with Gasteiger partial charge in [-0.15, -0.1) is 0 Å². The van der Waals surface area contributed by atoms with Gasteiger partial charge < -0.3 is 0 Å². The number of nitrogens with zero attached hydrogens (tertiary/aromatic N) is 1. The SMILES string of the molecule is O=C1c2ccccc2C(=O)N1SC1=C(C(F)(F)F)C(F)(F)C(F)(F)C1(F)F.